The van der Waals surface area contributed by atoms with Gasteiger partial charge < -0.3 is 20.4 Å². The Morgan fingerprint density at radius 2 is 2.13 bits per heavy atom. The van der Waals surface area contributed by atoms with Crippen LogP contribution < -0.4 is 10.6 Å². The first-order valence-corrected chi connectivity index (χ1v) is 10.3. The zero-order valence-corrected chi connectivity index (χ0v) is 18.2. The van der Waals surface area contributed by atoms with Crippen molar-refractivity contribution in [2.75, 3.05) is 26.8 Å². The third-order valence-electron chi connectivity index (χ3n) is 5.19. The van der Waals surface area contributed by atoms with Gasteiger partial charge in [0.05, 0.1) is 25.4 Å². The SMILES string of the molecule is CCNC(=NCc1c(C)nn(CCOC)c1C)NCCc1c[nH]c2cc(F)ccc12. The van der Waals surface area contributed by atoms with Gasteiger partial charge >= 0.3 is 0 Å². The lowest BCUT2D eigenvalue weighted by molar-refractivity contribution is 0.182. The molecule has 0 aliphatic heterocycles. The zero-order valence-electron chi connectivity index (χ0n) is 18.2. The summed E-state index contributed by atoms with van der Waals surface area (Å²) in [5, 5.41) is 12.3. The number of aliphatic imine (C=N–C) groups is 1. The van der Waals surface area contributed by atoms with E-state index in [0.29, 0.717) is 13.2 Å². The summed E-state index contributed by atoms with van der Waals surface area (Å²) in [5.74, 6) is 0.540. The molecule has 2 heterocycles. The third-order valence-corrected chi connectivity index (χ3v) is 5.19. The van der Waals surface area contributed by atoms with Gasteiger partial charge in [-0.2, -0.15) is 5.10 Å². The fourth-order valence-electron chi connectivity index (χ4n) is 3.54. The topological polar surface area (TPSA) is 79.3 Å². The molecule has 0 saturated carbocycles. The maximum atomic E-state index is 13.4. The lowest BCUT2D eigenvalue weighted by Crippen LogP contribution is -2.38. The predicted molar refractivity (Wildman–Crippen MR) is 118 cm³/mol. The number of hydrogen-bond acceptors (Lipinski definition) is 3. The van der Waals surface area contributed by atoms with Gasteiger partial charge in [0.15, 0.2) is 5.96 Å². The molecule has 0 unspecified atom stereocenters. The molecule has 0 aliphatic carbocycles. The molecule has 162 valence electrons. The molecule has 3 rings (SSSR count). The van der Waals surface area contributed by atoms with Crippen LogP contribution in [0, 0.1) is 19.7 Å². The zero-order chi connectivity index (χ0) is 21.5. The number of H-pyrrole nitrogens is 1. The van der Waals surface area contributed by atoms with Crippen LogP contribution in [-0.2, 0) is 24.2 Å². The maximum Gasteiger partial charge on any atom is 0.191 e. The van der Waals surface area contributed by atoms with E-state index in [-0.39, 0.29) is 5.82 Å². The molecule has 0 atom stereocenters. The highest BCUT2D eigenvalue weighted by Crippen LogP contribution is 2.19. The fourth-order valence-corrected chi connectivity index (χ4v) is 3.54. The highest BCUT2D eigenvalue weighted by molar-refractivity contribution is 5.83. The van der Waals surface area contributed by atoms with Crippen LogP contribution in [0.2, 0.25) is 0 Å². The predicted octanol–water partition coefficient (Wildman–Crippen LogP) is 3.06. The van der Waals surface area contributed by atoms with E-state index in [1.54, 1.807) is 7.11 Å². The van der Waals surface area contributed by atoms with E-state index in [2.05, 4.69) is 27.6 Å². The number of rotatable bonds is 9. The summed E-state index contributed by atoms with van der Waals surface area (Å²) in [5.41, 5.74) is 5.23. The van der Waals surface area contributed by atoms with Crippen molar-refractivity contribution in [3.63, 3.8) is 0 Å². The van der Waals surface area contributed by atoms with Crippen molar-refractivity contribution in [1.82, 2.24) is 25.4 Å². The van der Waals surface area contributed by atoms with Crippen molar-refractivity contribution in [3.8, 4) is 0 Å². The molecule has 0 bridgehead atoms. The number of benzene rings is 1. The van der Waals surface area contributed by atoms with E-state index in [1.807, 2.05) is 30.8 Å². The first-order valence-electron chi connectivity index (χ1n) is 10.3. The van der Waals surface area contributed by atoms with Crippen LogP contribution in [0.1, 0.15) is 29.4 Å². The summed E-state index contributed by atoms with van der Waals surface area (Å²) >= 11 is 0. The number of hydrogen-bond donors (Lipinski definition) is 3. The molecule has 0 radical (unpaired) electrons. The van der Waals surface area contributed by atoms with Crippen molar-refractivity contribution in [3.05, 3.63) is 52.7 Å². The molecule has 3 N–H and O–H groups in total. The van der Waals surface area contributed by atoms with E-state index in [0.717, 1.165) is 65.4 Å². The van der Waals surface area contributed by atoms with Crippen LogP contribution in [-0.4, -0.2) is 47.5 Å². The summed E-state index contributed by atoms with van der Waals surface area (Å²) in [4.78, 5) is 7.88. The summed E-state index contributed by atoms with van der Waals surface area (Å²) in [6, 6.07) is 4.84. The number of fused-ring (bicyclic) bond motifs is 1. The van der Waals surface area contributed by atoms with Gasteiger partial charge in [-0.25, -0.2) is 9.38 Å². The summed E-state index contributed by atoms with van der Waals surface area (Å²) in [7, 11) is 1.69. The van der Waals surface area contributed by atoms with Crippen LogP contribution in [0.4, 0.5) is 4.39 Å². The number of aryl methyl sites for hydroxylation is 1. The minimum absolute atomic E-state index is 0.230. The molecule has 0 saturated heterocycles. The van der Waals surface area contributed by atoms with E-state index in [9.17, 15) is 4.39 Å². The smallest absolute Gasteiger partial charge is 0.191 e. The Bertz CT molecular complexity index is 1010. The Hall–Kier alpha value is -2.87. The van der Waals surface area contributed by atoms with Gasteiger partial charge in [0.25, 0.3) is 0 Å². The van der Waals surface area contributed by atoms with E-state index in [1.165, 1.54) is 12.1 Å². The van der Waals surface area contributed by atoms with E-state index in [4.69, 9.17) is 9.73 Å². The number of ether oxygens (including phenoxy) is 1. The molecule has 7 nitrogen and oxygen atoms in total. The normalized spacial score (nSPS) is 12.0. The number of aromatic nitrogens is 3. The van der Waals surface area contributed by atoms with Crippen molar-refractivity contribution in [2.45, 2.75) is 40.3 Å². The quantitative estimate of drug-likeness (QED) is 0.371. The van der Waals surface area contributed by atoms with Gasteiger partial charge in [0.2, 0.25) is 0 Å². The van der Waals surface area contributed by atoms with Gasteiger partial charge in [-0.15, -0.1) is 0 Å². The standard InChI is InChI=1S/C22H31FN6O/c1-5-24-22(27-14-20-15(2)28-29(16(20)3)10-11-30-4)25-9-8-17-13-26-21-12-18(23)6-7-19(17)21/h6-7,12-13,26H,5,8-11,14H2,1-4H3,(H2,24,25,27). The molecule has 0 aliphatic rings. The molecule has 1 aromatic carbocycles. The highest BCUT2D eigenvalue weighted by Gasteiger charge is 2.11. The highest BCUT2D eigenvalue weighted by atomic mass is 19.1. The molecule has 0 spiro atoms. The number of methoxy groups -OCH3 is 1. The Balaban J connectivity index is 1.63. The molecule has 2 aromatic heterocycles. The number of guanidine groups is 1. The van der Waals surface area contributed by atoms with Crippen LogP contribution in [0.15, 0.2) is 29.4 Å². The second-order valence-corrected chi connectivity index (χ2v) is 7.24. The number of nitrogens with zero attached hydrogens (tertiary/aromatic N) is 3. The van der Waals surface area contributed by atoms with Crippen LogP contribution in [0.3, 0.4) is 0 Å². The van der Waals surface area contributed by atoms with Gasteiger partial charge in [0.1, 0.15) is 5.82 Å². The Morgan fingerprint density at radius 3 is 2.90 bits per heavy atom. The maximum absolute atomic E-state index is 13.4. The molecule has 8 heteroatoms. The lowest BCUT2D eigenvalue weighted by Gasteiger charge is -2.11. The van der Waals surface area contributed by atoms with Crippen molar-refractivity contribution in [2.24, 2.45) is 4.99 Å². The average molecular weight is 415 g/mol. The van der Waals surface area contributed by atoms with E-state index < -0.39 is 0 Å². The Labute approximate surface area is 176 Å². The second kappa shape index (κ2) is 10.2. The number of halogens is 1. The van der Waals surface area contributed by atoms with Crippen molar-refractivity contribution < 1.29 is 9.13 Å². The largest absolute Gasteiger partial charge is 0.383 e. The number of aromatic amines is 1. The van der Waals surface area contributed by atoms with Gasteiger partial charge in [-0.3, -0.25) is 4.68 Å². The number of nitrogens with one attached hydrogen (secondary N) is 3. The van der Waals surface area contributed by atoms with Crippen LogP contribution in [0.25, 0.3) is 10.9 Å². The minimum atomic E-state index is -0.230. The molecule has 0 amide bonds. The Morgan fingerprint density at radius 1 is 1.30 bits per heavy atom. The summed E-state index contributed by atoms with van der Waals surface area (Å²) in [6.07, 6.45) is 2.75. The molecule has 30 heavy (non-hydrogen) atoms. The van der Waals surface area contributed by atoms with E-state index >= 15 is 0 Å². The second-order valence-electron chi connectivity index (χ2n) is 7.24. The van der Waals surface area contributed by atoms with Crippen LogP contribution in [0.5, 0.6) is 0 Å². The molecule has 3 aromatic rings. The first kappa shape index (κ1) is 21.8. The van der Waals surface area contributed by atoms with Gasteiger partial charge in [-0.05, 0) is 51.0 Å². The minimum Gasteiger partial charge on any atom is -0.383 e. The summed E-state index contributed by atoms with van der Waals surface area (Å²) < 4.78 is 20.5. The van der Waals surface area contributed by atoms with Crippen molar-refractivity contribution in [1.29, 1.82) is 0 Å². The molecular formula is C22H31FN6O. The van der Waals surface area contributed by atoms with Gasteiger partial charge in [0, 0.05) is 48.6 Å². The first-order chi connectivity index (χ1) is 14.5. The fraction of sp³-hybridized carbons (Fsp3) is 0.455. The average Bonchev–Trinajstić information content (AvgIpc) is 3.24. The van der Waals surface area contributed by atoms with Crippen molar-refractivity contribution >= 4 is 16.9 Å². The van der Waals surface area contributed by atoms with Crippen LogP contribution >= 0.6 is 0 Å². The Kier molecular flexibility index (Phi) is 7.46. The molecular weight excluding hydrogens is 383 g/mol. The van der Waals surface area contributed by atoms with Gasteiger partial charge in [-0.1, -0.05) is 0 Å². The third kappa shape index (κ3) is 5.18. The molecule has 0 fully saturated rings. The lowest BCUT2D eigenvalue weighted by atomic mass is 10.1. The summed E-state index contributed by atoms with van der Waals surface area (Å²) in [6.45, 7) is 9.57. The monoisotopic (exact) mass is 414 g/mol.